The van der Waals surface area contributed by atoms with E-state index in [1.165, 1.54) is 4.31 Å². The van der Waals surface area contributed by atoms with Gasteiger partial charge in [0.25, 0.3) is 0 Å². The van der Waals surface area contributed by atoms with Crippen LogP contribution in [0.1, 0.15) is 18.4 Å². The highest BCUT2D eigenvalue weighted by Crippen LogP contribution is 2.30. The van der Waals surface area contributed by atoms with Crippen LogP contribution in [-0.4, -0.2) is 31.2 Å². The van der Waals surface area contributed by atoms with Crippen molar-refractivity contribution in [3.63, 3.8) is 0 Å². The second-order valence-corrected chi connectivity index (χ2v) is 9.38. The topological polar surface area (TPSA) is 66.5 Å². The summed E-state index contributed by atoms with van der Waals surface area (Å²) in [7, 11) is -3.73. The first-order chi connectivity index (χ1) is 14.5. The number of hydrogen-bond acceptors (Lipinski definition) is 3. The van der Waals surface area contributed by atoms with Crippen molar-refractivity contribution in [1.82, 2.24) is 4.31 Å². The molecule has 1 fully saturated rings. The van der Waals surface area contributed by atoms with Gasteiger partial charge in [-0.1, -0.05) is 66.2 Å². The summed E-state index contributed by atoms with van der Waals surface area (Å²) in [6, 6.07) is 23.4. The van der Waals surface area contributed by atoms with Gasteiger partial charge in [0.05, 0.1) is 4.90 Å². The molecule has 6 heteroatoms. The van der Waals surface area contributed by atoms with Crippen LogP contribution in [0.5, 0.6) is 0 Å². The van der Waals surface area contributed by atoms with Gasteiger partial charge >= 0.3 is 0 Å². The number of aryl methyl sites for hydroxylation is 1. The van der Waals surface area contributed by atoms with Gasteiger partial charge in [-0.2, -0.15) is 4.31 Å². The molecule has 5 nitrogen and oxygen atoms in total. The minimum absolute atomic E-state index is 0.220. The molecule has 3 aromatic rings. The van der Waals surface area contributed by atoms with Crippen molar-refractivity contribution in [2.24, 2.45) is 0 Å². The number of anilines is 1. The van der Waals surface area contributed by atoms with Crippen molar-refractivity contribution in [3.05, 3.63) is 84.4 Å². The fourth-order valence-electron chi connectivity index (χ4n) is 3.81. The number of hydrogen-bond donors (Lipinski definition) is 1. The number of nitrogens with zero attached hydrogens (tertiary/aromatic N) is 1. The molecule has 0 aliphatic carbocycles. The minimum atomic E-state index is -3.73. The van der Waals surface area contributed by atoms with E-state index >= 15 is 0 Å². The predicted molar refractivity (Wildman–Crippen MR) is 119 cm³/mol. The molecule has 1 heterocycles. The molecule has 154 valence electrons. The van der Waals surface area contributed by atoms with Crippen LogP contribution >= 0.6 is 0 Å². The van der Waals surface area contributed by atoms with Gasteiger partial charge in [-0.3, -0.25) is 4.79 Å². The molecule has 30 heavy (non-hydrogen) atoms. The normalized spacial score (nSPS) is 17.0. The number of benzene rings is 3. The third kappa shape index (κ3) is 4.01. The van der Waals surface area contributed by atoms with E-state index in [4.69, 9.17) is 0 Å². The van der Waals surface area contributed by atoms with Crippen LogP contribution in [0, 0.1) is 6.92 Å². The van der Waals surface area contributed by atoms with E-state index in [1.807, 2.05) is 61.5 Å². The van der Waals surface area contributed by atoms with Gasteiger partial charge < -0.3 is 5.32 Å². The average molecular weight is 421 g/mol. The Morgan fingerprint density at radius 1 is 0.933 bits per heavy atom. The zero-order valence-corrected chi connectivity index (χ0v) is 17.6. The lowest BCUT2D eigenvalue weighted by Crippen LogP contribution is -2.43. The molecule has 1 N–H and O–H groups in total. The molecule has 1 aliphatic heterocycles. The smallest absolute Gasteiger partial charge is 0.243 e. The van der Waals surface area contributed by atoms with Gasteiger partial charge in [0.15, 0.2) is 0 Å². The largest absolute Gasteiger partial charge is 0.324 e. The number of para-hydroxylation sites is 1. The van der Waals surface area contributed by atoms with Crippen LogP contribution in [0.2, 0.25) is 0 Å². The standard InChI is InChI=1S/C24H24N2O3S/c1-18-13-15-20(16-14-18)30(28,29)26-17-7-12-23(26)24(27)25-22-11-6-5-10-21(22)19-8-3-2-4-9-19/h2-6,8-11,13-16,23H,7,12,17H2,1H3,(H,25,27). The Labute approximate surface area is 177 Å². The Hall–Kier alpha value is -2.96. The number of amides is 1. The fourth-order valence-corrected chi connectivity index (χ4v) is 5.47. The highest BCUT2D eigenvalue weighted by atomic mass is 32.2. The molecule has 4 rings (SSSR count). The summed E-state index contributed by atoms with van der Waals surface area (Å²) < 4.78 is 27.6. The second kappa shape index (κ2) is 8.42. The fraction of sp³-hybridized carbons (Fsp3) is 0.208. The SMILES string of the molecule is Cc1ccc(S(=O)(=O)N2CCCC2C(=O)Nc2ccccc2-c2ccccc2)cc1. The zero-order chi connectivity index (χ0) is 21.1. The Balaban J connectivity index is 1.59. The third-order valence-corrected chi connectivity index (χ3v) is 7.33. The van der Waals surface area contributed by atoms with Gasteiger partial charge in [0, 0.05) is 17.8 Å². The summed E-state index contributed by atoms with van der Waals surface area (Å²) in [6.45, 7) is 2.25. The molecule has 0 spiro atoms. The maximum absolute atomic E-state index is 13.1. The molecule has 0 aromatic heterocycles. The van der Waals surface area contributed by atoms with Gasteiger partial charge in [-0.15, -0.1) is 0 Å². The summed E-state index contributed by atoms with van der Waals surface area (Å²) in [5.41, 5.74) is 3.55. The van der Waals surface area contributed by atoms with Crippen LogP contribution in [0.4, 0.5) is 5.69 Å². The lowest BCUT2D eigenvalue weighted by molar-refractivity contribution is -0.119. The summed E-state index contributed by atoms with van der Waals surface area (Å²) in [5.74, 6) is -0.299. The first kappa shape index (κ1) is 20.3. The summed E-state index contributed by atoms with van der Waals surface area (Å²) >= 11 is 0. The first-order valence-corrected chi connectivity index (χ1v) is 11.4. The van der Waals surface area contributed by atoms with Crippen LogP contribution in [0.3, 0.4) is 0 Å². The molecule has 3 aromatic carbocycles. The van der Waals surface area contributed by atoms with Crippen molar-refractivity contribution >= 4 is 21.6 Å². The second-order valence-electron chi connectivity index (χ2n) is 7.49. The molecule has 1 aliphatic rings. The quantitative estimate of drug-likeness (QED) is 0.663. The summed E-state index contributed by atoms with van der Waals surface area (Å²) in [5, 5.41) is 2.97. The monoisotopic (exact) mass is 420 g/mol. The van der Waals surface area contributed by atoms with Gasteiger partial charge in [0.2, 0.25) is 15.9 Å². The number of nitrogens with one attached hydrogen (secondary N) is 1. The van der Waals surface area contributed by atoms with E-state index in [-0.39, 0.29) is 10.8 Å². The number of carbonyl (C=O) groups is 1. The highest BCUT2D eigenvalue weighted by Gasteiger charge is 2.39. The highest BCUT2D eigenvalue weighted by molar-refractivity contribution is 7.89. The maximum atomic E-state index is 13.1. The zero-order valence-electron chi connectivity index (χ0n) is 16.8. The molecular weight excluding hydrogens is 396 g/mol. The van der Waals surface area contributed by atoms with Crippen molar-refractivity contribution in [2.75, 3.05) is 11.9 Å². The maximum Gasteiger partial charge on any atom is 0.243 e. The molecule has 1 unspecified atom stereocenters. The minimum Gasteiger partial charge on any atom is -0.324 e. The van der Waals surface area contributed by atoms with E-state index in [2.05, 4.69) is 5.32 Å². The molecule has 1 amide bonds. The Morgan fingerprint density at radius 3 is 2.33 bits per heavy atom. The summed E-state index contributed by atoms with van der Waals surface area (Å²) in [6.07, 6.45) is 1.16. The Morgan fingerprint density at radius 2 is 1.60 bits per heavy atom. The van der Waals surface area contributed by atoms with Crippen molar-refractivity contribution in [1.29, 1.82) is 0 Å². The van der Waals surface area contributed by atoms with E-state index < -0.39 is 16.1 Å². The van der Waals surface area contributed by atoms with Crippen LogP contribution < -0.4 is 5.32 Å². The van der Waals surface area contributed by atoms with Gasteiger partial charge in [-0.25, -0.2) is 8.42 Å². The molecule has 0 bridgehead atoms. The lowest BCUT2D eigenvalue weighted by Gasteiger charge is -2.24. The molecule has 1 saturated heterocycles. The van der Waals surface area contributed by atoms with Crippen molar-refractivity contribution in [2.45, 2.75) is 30.7 Å². The Bertz CT molecular complexity index is 1140. The first-order valence-electron chi connectivity index (χ1n) is 10.0. The van der Waals surface area contributed by atoms with E-state index in [9.17, 15) is 13.2 Å². The Kier molecular flexibility index (Phi) is 5.70. The van der Waals surface area contributed by atoms with Crippen molar-refractivity contribution in [3.8, 4) is 11.1 Å². The molecule has 0 saturated carbocycles. The molecular formula is C24H24N2O3S. The van der Waals surface area contributed by atoms with Crippen LogP contribution in [0.25, 0.3) is 11.1 Å². The van der Waals surface area contributed by atoms with Gasteiger partial charge in [-0.05, 0) is 43.5 Å². The van der Waals surface area contributed by atoms with Crippen molar-refractivity contribution < 1.29 is 13.2 Å². The summed E-state index contributed by atoms with van der Waals surface area (Å²) in [4.78, 5) is 13.3. The number of rotatable bonds is 5. The number of carbonyl (C=O) groups excluding carboxylic acids is 1. The van der Waals surface area contributed by atoms with E-state index in [0.29, 0.717) is 25.1 Å². The van der Waals surface area contributed by atoms with Gasteiger partial charge in [0.1, 0.15) is 6.04 Å². The van der Waals surface area contributed by atoms with E-state index in [1.54, 1.807) is 24.3 Å². The molecule has 0 radical (unpaired) electrons. The third-order valence-electron chi connectivity index (χ3n) is 5.40. The predicted octanol–water partition coefficient (Wildman–Crippen LogP) is 4.45. The number of sulfonamides is 1. The van der Waals surface area contributed by atoms with Crippen LogP contribution in [0.15, 0.2) is 83.8 Å². The molecule has 1 atom stereocenters. The lowest BCUT2D eigenvalue weighted by atomic mass is 10.0. The average Bonchev–Trinajstić information content (AvgIpc) is 3.26. The van der Waals surface area contributed by atoms with Crippen LogP contribution in [-0.2, 0) is 14.8 Å². The van der Waals surface area contributed by atoms with E-state index in [0.717, 1.165) is 16.7 Å².